The molecule has 2 aliphatic carbocycles. The van der Waals surface area contributed by atoms with Crippen LogP contribution >= 0.6 is 0 Å². The first-order valence-electron chi connectivity index (χ1n) is 20.3. The summed E-state index contributed by atoms with van der Waals surface area (Å²) in [6, 6.07) is 77.1. The first-order valence-corrected chi connectivity index (χ1v) is 20.3. The van der Waals surface area contributed by atoms with Gasteiger partial charge in [-0.25, -0.2) is 0 Å². The highest BCUT2D eigenvalue weighted by Gasteiger charge is 2.48. The predicted octanol–water partition coefficient (Wildman–Crippen LogP) is 15.1. The first kappa shape index (κ1) is 33.5. The van der Waals surface area contributed by atoms with E-state index in [1.54, 1.807) is 0 Å². The lowest BCUT2D eigenvalue weighted by atomic mass is 9.66. The van der Waals surface area contributed by atoms with Gasteiger partial charge in [-0.15, -0.1) is 0 Å². The van der Waals surface area contributed by atoms with E-state index in [1.165, 1.54) is 55.6 Å². The second-order valence-electron chi connectivity index (χ2n) is 15.6. The van der Waals surface area contributed by atoms with Crippen molar-refractivity contribution in [2.75, 3.05) is 4.90 Å². The monoisotopic (exact) mass is 751 g/mol. The Hall–Kier alpha value is -7.68. The largest absolute Gasteiger partial charge is 0.454 e. The maximum absolute atomic E-state index is 7.12. The van der Waals surface area contributed by atoms with Crippen LogP contribution in [0.3, 0.4) is 0 Å². The van der Waals surface area contributed by atoms with Crippen molar-refractivity contribution in [2.24, 2.45) is 0 Å². The SMILES string of the molecule is C1=Cc2ccccc2C2(c3ccccc31)c1ccccc1-c1cc(N(c3ccc(-c4ccccc4)cc3)c3cccc4c3Oc3ccccc3-c3ccccc3-4)ccc12. The van der Waals surface area contributed by atoms with Crippen molar-refractivity contribution >= 4 is 29.2 Å². The second-order valence-corrected chi connectivity index (χ2v) is 15.6. The molecule has 2 heteroatoms. The van der Waals surface area contributed by atoms with Crippen molar-refractivity contribution in [3.63, 3.8) is 0 Å². The zero-order valence-electron chi connectivity index (χ0n) is 32.2. The molecular weight excluding hydrogens is 715 g/mol. The van der Waals surface area contributed by atoms with Crippen LogP contribution in [-0.2, 0) is 5.41 Å². The van der Waals surface area contributed by atoms with Crippen LogP contribution in [0.4, 0.5) is 17.1 Å². The fourth-order valence-electron chi connectivity index (χ4n) is 10.0. The van der Waals surface area contributed by atoms with Crippen LogP contribution in [0, 0.1) is 0 Å². The van der Waals surface area contributed by atoms with E-state index in [0.717, 1.165) is 50.8 Å². The first-order chi connectivity index (χ1) is 29.3. The Kier molecular flexibility index (Phi) is 7.48. The molecule has 0 N–H and O–H groups in total. The molecule has 0 fully saturated rings. The molecule has 0 saturated heterocycles. The quantitative estimate of drug-likeness (QED) is 0.178. The summed E-state index contributed by atoms with van der Waals surface area (Å²) in [6.07, 6.45) is 4.58. The number of hydrogen-bond acceptors (Lipinski definition) is 2. The van der Waals surface area contributed by atoms with E-state index in [4.69, 9.17) is 4.74 Å². The highest BCUT2D eigenvalue weighted by molar-refractivity contribution is 5.97. The van der Waals surface area contributed by atoms with Gasteiger partial charge in [-0.1, -0.05) is 188 Å². The number of benzene rings is 9. The molecule has 0 atom stereocenters. The van der Waals surface area contributed by atoms with E-state index in [9.17, 15) is 0 Å². The van der Waals surface area contributed by atoms with E-state index >= 15 is 0 Å². The average Bonchev–Trinajstić information content (AvgIpc) is 3.39. The second kappa shape index (κ2) is 13.2. The Morgan fingerprint density at radius 2 is 0.864 bits per heavy atom. The fourth-order valence-corrected chi connectivity index (χ4v) is 10.0. The molecule has 2 nitrogen and oxygen atoms in total. The van der Waals surface area contributed by atoms with Crippen LogP contribution in [0.15, 0.2) is 212 Å². The molecule has 1 heterocycles. The Balaban J connectivity index is 1.12. The Bertz CT molecular complexity index is 3090. The van der Waals surface area contributed by atoms with Crippen molar-refractivity contribution < 1.29 is 4.74 Å². The third kappa shape index (κ3) is 5.00. The van der Waals surface area contributed by atoms with Crippen molar-refractivity contribution in [2.45, 2.75) is 5.41 Å². The van der Waals surface area contributed by atoms with Gasteiger partial charge in [0.05, 0.1) is 11.1 Å². The van der Waals surface area contributed by atoms with Crippen molar-refractivity contribution in [3.8, 4) is 56.0 Å². The standard InChI is InChI=1S/C57H37NO/c1-2-15-38(16-3-1)39-31-33-42(34-32-39)58(54-27-14-23-48-45-20-7-6-19-44(45)47-22-9-13-28-55(47)59-56(48)54)43-35-36-53-49(37-43)46-21-8-12-26-52(46)57(53)50-24-10-4-17-40(50)29-30-41-18-5-11-25-51(41)57/h1-37H. The van der Waals surface area contributed by atoms with Crippen molar-refractivity contribution in [1.29, 1.82) is 0 Å². The van der Waals surface area contributed by atoms with E-state index in [1.807, 2.05) is 0 Å². The van der Waals surface area contributed by atoms with Crippen LogP contribution < -0.4 is 9.64 Å². The summed E-state index contributed by atoms with van der Waals surface area (Å²) in [5.41, 5.74) is 19.5. The van der Waals surface area contributed by atoms with E-state index in [2.05, 4.69) is 229 Å². The summed E-state index contributed by atoms with van der Waals surface area (Å²) in [4.78, 5) is 2.38. The van der Waals surface area contributed by atoms with Crippen LogP contribution in [0.5, 0.6) is 11.5 Å². The average molecular weight is 752 g/mol. The molecule has 0 amide bonds. The molecule has 1 aliphatic heterocycles. The fraction of sp³-hybridized carbons (Fsp3) is 0.0175. The maximum Gasteiger partial charge on any atom is 0.159 e. The maximum atomic E-state index is 7.12. The van der Waals surface area contributed by atoms with Crippen LogP contribution in [0.1, 0.15) is 33.4 Å². The van der Waals surface area contributed by atoms with Crippen LogP contribution in [-0.4, -0.2) is 0 Å². The molecular formula is C57H37NO. The normalized spacial score (nSPS) is 13.3. The summed E-state index contributed by atoms with van der Waals surface area (Å²) in [6.45, 7) is 0. The van der Waals surface area contributed by atoms with E-state index in [0.29, 0.717) is 0 Å². The smallest absolute Gasteiger partial charge is 0.159 e. The number of rotatable bonds is 4. The summed E-state index contributed by atoms with van der Waals surface area (Å²) < 4.78 is 7.12. The summed E-state index contributed by atoms with van der Waals surface area (Å²) >= 11 is 0. The van der Waals surface area contributed by atoms with Crippen molar-refractivity contribution in [3.05, 3.63) is 246 Å². The van der Waals surface area contributed by atoms with Gasteiger partial charge in [0.15, 0.2) is 5.75 Å². The highest BCUT2D eigenvalue weighted by atomic mass is 16.5. The Labute approximate surface area is 344 Å². The predicted molar refractivity (Wildman–Crippen MR) is 244 cm³/mol. The van der Waals surface area contributed by atoms with Gasteiger partial charge in [0.2, 0.25) is 0 Å². The molecule has 12 rings (SSSR count). The Morgan fingerprint density at radius 1 is 0.339 bits per heavy atom. The van der Waals surface area contributed by atoms with Gasteiger partial charge < -0.3 is 9.64 Å². The number of anilines is 3. The lowest BCUT2D eigenvalue weighted by molar-refractivity contribution is 0.489. The zero-order valence-corrected chi connectivity index (χ0v) is 32.2. The molecule has 0 unspecified atom stereocenters. The Morgan fingerprint density at radius 3 is 1.59 bits per heavy atom. The van der Waals surface area contributed by atoms with E-state index < -0.39 is 5.41 Å². The van der Waals surface area contributed by atoms with Crippen LogP contribution in [0.25, 0.3) is 56.7 Å². The number of para-hydroxylation sites is 2. The number of fused-ring (bicyclic) bond motifs is 14. The minimum absolute atomic E-state index is 0.496. The molecule has 3 aliphatic rings. The lowest BCUT2D eigenvalue weighted by Gasteiger charge is -2.35. The zero-order chi connectivity index (χ0) is 38.9. The molecule has 0 bridgehead atoms. The number of hydrogen-bond donors (Lipinski definition) is 0. The minimum atomic E-state index is -0.496. The van der Waals surface area contributed by atoms with Gasteiger partial charge in [-0.05, 0) is 103 Å². The number of nitrogens with zero attached hydrogens (tertiary/aromatic N) is 1. The van der Waals surface area contributed by atoms with Crippen LogP contribution in [0.2, 0.25) is 0 Å². The van der Waals surface area contributed by atoms with Gasteiger partial charge in [0, 0.05) is 22.5 Å². The van der Waals surface area contributed by atoms with Gasteiger partial charge in [-0.3, -0.25) is 0 Å². The third-order valence-corrected chi connectivity index (χ3v) is 12.5. The van der Waals surface area contributed by atoms with E-state index in [-0.39, 0.29) is 0 Å². The molecule has 9 aromatic carbocycles. The molecule has 0 radical (unpaired) electrons. The molecule has 59 heavy (non-hydrogen) atoms. The highest BCUT2D eigenvalue weighted by Crippen LogP contribution is 2.60. The topological polar surface area (TPSA) is 12.5 Å². The summed E-state index contributed by atoms with van der Waals surface area (Å²) in [7, 11) is 0. The molecule has 9 aromatic rings. The van der Waals surface area contributed by atoms with Gasteiger partial charge in [0.25, 0.3) is 0 Å². The molecule has 0 saturated carbocycles. The van der Waals surface area contributed by atoms with Gasteiger partial charge in [0.1, 0.15) is 5.75 Å². The lowest BCUT2D eigenvalue weighted by Crippen LogP contribution is -2.29. The molecule has 0 aromatic heterocycles. The molecule has 1 spiro atoms. The van der Waals surface area contributed by atoms with Crippen molar-refractivity contribution in [1.82, 2.24) is 0 Å². The number of ether oxygens (including phenoxy) is 1. The van der Waals surface area contributed by atoms with Gasteiger partial charge in [-0.2, -0.15) is 0 Å². The third-order valence-electron chi connectivity index (χ3n) is 12.5. The summed E-state index contributed by atoms with van der Waals surface area (Å²) in [5, 5.41) is 0. The summed E-state index contributed by atoms with van der Waals surface area (Å²) in [5.74, 6) is 1.67. The minimum Gasteiger partial charge on any atom is -0.454 e. The van der Waals surface area contributed by atoms with Gasteiger partial charge >= 0.3 is 0 Å². The molecule has 276 valence electrons.